The Balaban J connectivity index is 2.24. The fourth-order valence-corrected chi connectivity index (χ4v) is 2.69. The van der Waals surface area contributed by atoms with Gasteiger partial charge in [0.1, 0.15) is 6.04 Å². The SMILES string of the molecule is COc1ccc(NC(=O)C(NC(=O)CC(C)C)c2ccccc2)cc1OC(F)F. The lowest BCUT2D eigenvalue weighted by molar-refractivity contribution is -0.127. The fraction of sp³-hybridized carbons (Fsp3) is 0.333. The van der Waals surface area contributed by atoms with Gasteiger partial charge in [-0.25, -0.2) is 0 Å². The van der Waals surface area contributed by atoms with Gasteiger partial charge in [-0.05, 0) is 23.6 Å². The van der Waals surface area contributed by atoms with Crippen molar-refractivity contribution in [2.24, 2.45) is 5.92 Å². The third-order valence-electron chi connectivity index (χ3n) is 3.94. The van der Waals surface area contributed by atoms with Crippen molar-refractivity contribution in [2.75, 3.05) is 12.4 Å². The van der Waals surface area contributed by atoms with Gasteiger partial charge in [-0.2, -0.15) is 8.78 Å². The molecule has 2 rings (SSSR count). The zero-order valence-electron chi connectivity index (χ0n) is 16.4. The highest BCUT2D eigenvalue weighted by molar-refractivity contribution is 5.98. The molecule has 0 saturated heterocycles. The highest BCUT2D eigenvalue weighted by Crippen LogP contribution is 2.32. The average Bonchev–Trinajstić information content (AvgIpc) is 2.66. The number of nitrogens with one attached hydrogen (secondary N) is 2. The van der Waals surface area contributed by atoms with Crippen LogP contribution in [0.1, 0.15) is 31.9 Å². The van der Waals surface area contributed by atoms with Crippen LogP contribution in [0.4, 0.5) is 14.5 Å². The first-order chi connectivity index (χ1) is 13.8. The van der Waals surface area contributed by atoms with Crippen molar-refractivity contribution >= 4 is 17.5 Å². The molecule has 0 bridgehead atoms. The number of ether oxygens (including phenoxy) is 2. The summed E-state index contributed by atoms with van der Waals surface area (Å²) in [5.74, 6) is -0.749. The zero-order chi connectivity index (χ0) is 21.4. The van der Waals surface area contributed by atoms with Gasteiger partial charge in [0, 0.05) is 18.2 Å². The first kappa shape index (κ1) is 22.1. The minimum absolute atomic E-state index is 0.105. The lowest BCUT2D eigenvalue weighted by Crippen LogP contribution is -2.37. The lowest BCUT2D eigenvalue weighted by atomic mass is 10.0. The normalized spacial score (nSPS) is 11.8. The van der Waals surface area contributed by atoms with E-state index < -0.39 is 18.6 Å². The van der Waals surface area contributed by atoms with Crippen molar-refractivity contribution in [3.8, 4) is 11.5 Å². The predicted molar refractivity (Wildman–Crippen MR) is 105 cm³/mol. The number of hydrogen-bond donors (Lipinski definition) is 2. The first-order valence-electron chi connectivity index (χ1n) is 9.08. The molecule has 0 aliphatic carbocycles. The number of halogens is 2. The van der Waals surface area contributed by atoms with Crippen molar-refractivity contribution in [1.29, 1.82) is 0 Å². The molecule has 0 fully saturated rings. The summed E-state index contributed by atoms with van der Waals surface area (Å²) in [6.07, 6.45) is 0.269. The van der Waals surface area contributed by atoms with Gasteiger partial charge < -0.3 is 20.1 Å². The van der Waals surface area contributed by atoms with Crippen molar-refractivity contribution in [1.82, 2.24) is 5.32 Å². The Bertz CT molecular complexity index is 829. The van der Waals surface area contributed by atoms with Gasteiger partial charge in [-0.15, -0.1) is 0 Å². The maximum atomic E-state index is 12.9. The molecule has 0 saturated carbocycles. The standard InChI is InChI=1S/C21H24F2N2O4/c1-13(2)11-18(26)25-19(14-7-5-4-6-8-14)20(27)24-15-9-10-16(28-3)17(12-15)29-21(22)23/h4-10,12-13,19,21H,11H2,1-3H3,(H,24,27)(H,25,26). The summed E-state index contributed by atoms with van der Waals surface area (Å²) >= 11 is 0. The van der Waals surface area contributed by atoms with E-state index >= 15 is 0 Å². The minimum Gasteiger partial charge on any atom is -0.493 e. The van der Waals surface area contributed by atoms with E-state index in [2.05, 4.69) is 15.4 Å². The Morgan fingerprint density at radius 3 is 2.31 bits per heavy atom. The van der Waals surface area contributed by atoms with Gasteiger partial charge in [0.15, 0.2) is 11.5 Å². The second kappa shape index (κ2) is 10.4. The highest BCUT2D eigenvalue weighted by Gasteiger charge is 2.23. The molecule has 2 amide bonds. The molecule has 0 aromatic heterocycles. The summed E-state index contributed by atoms with van der Waals surface area (Å²) in [6, 6.07) is 11.9. The molecule has 8 heteroatoms. The molecule has 2 N–H and O–H groups in total. The Labute approximate surface area is 168 Å². The van der Waals surface area contributed by atoms with Gasteiger partial charge in [-0.3, -0.25) is 9.59 Å². The van der Waals surface area contributed by atoms with E-state index in [1.165, 1.54) is 25.3 Å². The van der Waals surface area contributed by atoms with Gasteiger partial charge in [0.2, 0.25) is 5.91 Å². The molecular formula is C21H24F2N2O4. The maximum absolute atomic E-state index is 12.9. The van der Waals surface area contributed by atoms with E-state index in [-0.39, 0.29) is 35.4 Å². The van der Waals surface area contributed by atoms with Crippen LogP contribution < -0.4 is 20.1 Å². The molecule has 1 atom stereocenters. The van der Waals surface area contributed by atoms with E-state index in [1.54, 1.807) is 30.3 Å². The third-order valence-corrected chi connectivity index (χ3v) is 3.94. The molecule has 6 nitrogen and oxygen atoms in total. The number of carbonyl (C=O) groups excluding carboxylic acids is 2. The number of rotatable bonds is 9. The molecule has 29 heavy (non-hydrogen) atoms. The van der Waals surface area contributed by atoms with Gasteiger partial charge in [0.05, 0.1) is 7.11 Å². The van der Waals surface area contributed by atoms with Crippen molar-refractivity contribution in [3.63, 3.8) is 0 Å². The molecular weight excluding hydrogens is 382 g/mol. The van der Waals surface area contributed by atoms with Gasteiger partial charge in [-0.1, -0.05) is 44.2 Å². The third kappa shape index (κ3) is 6.74. The molecule has 0 spiro atoms. The van der Waals surface area contributed by atoms with Crippen LogP contribution in [0.3, 0.4) is 0 Å². The lowest BCUT2D eigenvalue weighted by Gasteiger charge is -2.20. The number of amides is 2. The van der Waals surface area contributed by atoms with Crippen molar-refractivity contribution < 1.29 is 27.8 Å². The zero-order valence-corrected chi connectivity index (χ0v) is 16.4. The van der Waals surface area contributed by atoms with Crippen LogP contribution in [-0.2, 0) is 9.59 Å². The average molecular weight is 406 g/mol. The van der Waals surface area contributed by atoms with E-state index in [9.17, 15) is 18.4 Å². The maximum Gasteiger partial charge on any atom is 0.387 e. The second-order valence-electron chi connectivity index (χ2n) is 6.74. The largest absolute Gasteiger partial charge is 0.493 e. The van der Waals surface area contributed by atoms with Crippen LogP contribution in [0.5, 0.6) is 11.5 Å². The number of anilines is 1. The van der Waals surface area contributed by atoms with Crippen molar-refractivity contribution in [3.05, 3.63) is 54.1 Å². The van der Waals surface area contributed by atoms with Crippen LogP contribution in [-0.4, -0.2) is 25.5 Å². The number of alkyl halides is 2. The summed E-state index contributed by atoms with van der Waals surface area (Å²) in [5, 5.41) is 5.36. The molecule has 156 valence electrons. The number of benzene rings is 2. The minimum atomic E-state index is -3.04. The monoisotopic (exact) mass is 406 g/mol. The van der Waals surface area contributed by atoms with E-state index in [0.29, 0.717) is 5.56 Å². The highest BCUT2D eigenvalue weighted by atomic mass is 19.3. The predicted octanol–water partition coefficient (Wildman–Crippen LogP) is 4.14. The summed E-state index contributed by atoms with van der Waals surface area (Å²) < 4.78 is 34.6. The molecule has 1 unspecified atom stereocenters. The van der Waals surface area contributed by atoms with Crippen LogP contribution in [0.25, 0.3) is 0 Å². The Morgan fingerprint density at radius 2 is 1.72 bits per heavy atom. The van der Waals surface area contributed by atoms with Crippen molar-refractivity contribution in [2.45, 2.75) is 32.9 Å². The van der Waals surface area contributed by atoms with E-state index in [4.69, 9.17) is 4.74 Å². The molecule has 0 aliphatic heterocycles. The molecule has 0 aliphatic rings. The Hall–Kier alpha value is -3.16. The topological polar surface area (TPSA) is 76.7 Å². The summed E-state index contributed by atoms with van der Waals surface area (Å²) in [6.45, 7) is 0.764. The van der Waals surface area contributed by atoms with Gasteiger partial charge in [0.25, 0.3) is 5.91 Å². The van der Waals surface area contributed by atoms with Crippen LogP contribution >= 0.6 is 0 Å². The van der Waals surface area contributed by atoms with Gasteiger partial charge >= 0.3 is 6.61 Å². The van der Waals surface area contributed by atoms with Crippen LogP contribution in [0, 0.1) is 5.92 Å². The summed E-state index contributed by atoms with van der Waals surface area (Å²) in [7, 11) is 1.32. The summed E-state index contributed by atoms with van der Waals surface area (Å²) in [5.41, 5.74) is 0.824. The Morgan fingerprint density at radius 1 is 1.03 bits per heavy atom. The van der Waals surface area contributed by atoms with Crippen LogP contribution in [0.15, 0.2) is 48.5 Å². The quantitative estimate of drug-likeness (QED) is 0.656. The number of hydrogen-bond acceptors (Lipinski definition) is 4. The molecule has 2 aromatic rings. The molecule has 0 radical (unpaired) electrons. The number of carbonyl (C=O) groups is 2. The van der Waals surface area contributed by atoms with E-state index in [0.717, 1.165) is 0 Å². The first-order valence-corrected chi connectivity index (χ1v) is 9.08. The second-order valence-corrected chi connectivity index (χ2v) is 6.74. The number of methoxy groups -OCH3 is 1. The summed E-state index contributed by atoms with van der Waals surface area (Å²) in [4.78, 5) is 25.1. The smallest absolute Gasteiger partial charge is 0.387 e. The van der Waals surface area contributed by atoms with E-state index in [1.807, 2.05) is 13.8 Å². The fourth-order valence-electron chi connectivity index (χ4n) is 2.69. The molecule has 0 heterocycles. The molecule has 2 aromatic carbocycles. The van der Waals surface area contributed by atoms with Crippen LogP contribution in [0.2, 0.25) is 0 Å². The Kier molecular flexibility index (Phi) is 7.94.